The molecule has 2 amide bonds. The Kier molecular flexibility index (Phi) is 7.42. The number of carbonyl (C=O) groups is 2. The largest absolute Gasteiger partial charge is 0.326 e. The van der Waals surface area contributed by atoms with E-state index in [1.807, 2.05) is 19.9 Å². The number of nitrogens with one attached hydrogen (secondary N) is 2. The predicted octanol–water partition coefficient (Wildman–Crippen LogP) is 6.03. The summed E-state index contributed by atoms with van der Waals surface area (Å²) in [6, 6.07) is 20.9. The average Bonchev–Trinajstić information content (AvgIpc) is 3.26. The maximum absolute atomic E-state index is 13.4. The molecule has 36 heavy (non-hydrogen) atoms. The summed E-state index contributed by atoms with van der Waals surface area (Å²) in [6.45, 7) is 5.61. The maximum Gasteiger partial charge on any atom is 0.265 e. The molecule has 1 heterocycles. The topological polar surface area (TPSA) is 95.6 Å². The van der Waals surface area contributed by atoms with Crippen LogP contribution in [0.1, 0.15) is 35.5 Å². The lowest BCUT2D eigenvalue weighted by Gasteiger charge is -2.24. The highest BCUT2D eigenvalue weighted by atomic mass is 32.2. The maximum atomic E-state index is 13.4. The van der Waals surface area contributed by atoms with Crippen LogP contribution in [-0.4, -0.2) is 26.8 Å². The Hall–Kier alpha value is -3.69. The van der Waals surface area contributed by atoms with Gasteiger partial charge >= 0.3 is 0 Å². The summed E-state index contributed by atoms with van der Waals surface area (Å²) in [7, 11) is -3.74. The van der Waals surface area contributed by atoms with E-state index in [0.717, 1.165) is 15.6 Å². The Morgan fingerprint density at radius 2 is 1.61 bits per heavy atom. The van der Waals surface area contributed by atoms with Gasteiger partial charge in [-0.15, -0.1) is 11.3 Å². The normalized spacial score (nSPS) is 11.3. The van der Waals surface area contributed by atoms with Gasteiger partial charge in [-0.05, 0) is 73.3 Å². The van der Waals surface area contributed by atoms with E-state index in [2.05, 4.69) is 10.6 Å². The highest BCUT2D eigenvalue weighted by Crippen LogP contribution is 2.32. The lowest BCUT2D eigenvalue weighted by molar-refractivity contribution is -0.114. The zero-order valence-corrected chi connectivity index (χ0v) is 21.9. The third-order valence-corrected chi connectivity index (χ3v) is 8.44. The first kappa shape index (κ1) is 25.4. The van der Waals surface area contributed by atoms with Crippen molar-refractivity contribution in [3.8, 4) is 0 Å². The summed E-state index contributed by atoms with van der Waals surface area (Å²) >= 11 is 1.33. The van der Waals surface area contributed by atoms with Crippen molar-refractivity contribution in [2.75, 3.05) is 21.5 Å². The van der Waals surface area contributed by atoms with Crippen LogP contribution in [0.15, 0.2) is 77.7 Å². The molecule has 3 aromatic carbocycles. The van der Waals surface area contributed by atoms with Gasteiger partial charge < -0.3 is 10.6 Å². The first-order valence-electron chi connectivity index (χ1n) is 11.5. The SMILES string of the molecule is CCCN(c1ccc2sc(C(=O)Nc3cccc(NC(C)=O)c3)cc2c1)S(=O)(=O)c1ccc(C)cc1. The van der Waals surface area contributed by atoms with Gasteiger partial charge in [0.05, 0.1) is 15.5 Å². The Labute approximate surface area is 214 Å². The fourth-order valence-corrected chi connectivity index (χ4v) is 6.28. The number of thiophene rings is 1. The minimum absolute atomic E-state index is 0.194. The molecule has 0 saturated carbocycles. The molecular formula is C27H27N3O4S2. The fourth-order valence-electron chi connectivity index (χ4n) is 3.80. The molecule has 0 aliphatic carbocycles. The number of nitrogens with zero attached hydrogens (tertiary/aromatic N) is 1. The second kappa shape index (κ2) is 10.5. The van der Waals surface area contributed by atoms with E-state index in [0.29, 0.717) is 34.9 Å². The Bertz CT molecular complexity index is 1530. The lowest BCUT2D eigenvalue weighted by Crippen LogP contribution is -2.31. The summed E-state index contributed by atoms with van der Waals surface area (Å²) in [5.74, 6) is -0.476. The van der Waals surface area contributed by atoms with E-state index in [1.165, 1.54) is 22.6 Å². The van der Waals surface area contributed by atoms with Crippen LogP contribution in [0, 0.1) is 6.92 Å². The van der Waals surface area contributed by atoms with Crippen molar-refractivity contribution in [3.63, 3.8) is 0 Å². The first-order chi connectivity index (χ1) is 17.2. The summed E-state index contributed by atoms with van der Waals surface area (Å²) in [5, 5.41) is 6.33. The monoisotopic (exact) mass is 521 g/mol. The second-order valence-corrected chi connectivity index (χ2v) is 11.4. The Morgan fingerprint density at radius 1 is 0.917 bits per heavy atom. The number of anilines is 3. The molecule has 9 heteroatoms. The summed E-state index contributed by atoms with van der Waals surface area (Å²) in [5.41, 5.74) is 2.69. The summed E-state index contributed by atoms with van der Waals surface area (Å²) in [6.07, 6.45) is 0.651. The van der Waals surface area contributed by atoms with Gasteiger partial charge in [0.2, 0.25) is 5.91 Å². The molecule has 0 atom stereocenters. The van der Waals surface area contributed by atoms with E-state index in [1.54, 1.807) is 66.7 Å². The van der Waals surface area contributed by atoms with Gasteiger partial charge in [0, 0.05) is 29.5 Å². The quantitative estimate of drug-likeness (QED) is 0.296. The second-order valence-electron chi connectivity index (χ2n) is 8.44. The number of fused-ring (bicyclic) bond motifs is 1. The predicted molar refractivity (Wildman–Crippen MR) is 147 cm³/mol. The van der Waals surface area contributed by atoms with Gasteiger partial charge in [0.25, 0.3) is 15.9 Å². The molecule has 4 aromatic rings. The van der Waals surface area contributed by atoms with Crippen LogP contribution >= 0.6 is 11.3 Å². The number of carbonyl (C=O) groups excluding carboxylic acids is 2. The van der Waals surface area contributed by atoms with E-state index in [9.17, 15) is 18.0 Å². The molecule has 0 spiro atoms. The van der Waals surface area contributed by atoms with Crippen molar-refractivity contribution in [2.24, 2.45) is 0 Å². The summed E-state index contributed by atoms with van der Waals surface area (Å²) < 4.78 is 29.1. The van der Waals surface area contributed by atoms with Crippen molar-refractivity contribution in [1.29, 1.82) is 0 Å². The van der Waals surface area contributed by atoms with E-state index >= 15 is 0 Å². The number of benzene rings is 3. The molecule has 0 saturated heterocycles. The smallest absolute Gasteiger partial charge is 0.265 e. The molecule has 4 rings (SSSR count). The van der Waals surface area contributed by atoms with Crippen LogP contribution in [0.2, 0.25) is 0 Å². The standard InChI is InChI=1S/C27H27N3O4S2/c1-4-14-30(36(33,34)24-11-8-18(2)9-12-24)23-10-13-25-20(15-23)16-26(35-25)27(32)29-22-7-5-6-21(17-22)28-19(3)31/h5-13,15-17H,4,14H2,1-3H3,(H,28,31)(H,29,32). The Morgan fingerprint density at radius 3 is 2.28 bits per heavy atom. The average molecular weight is 522 g/mol. The highest BCUT2D eigenvalue weighted by Gasteiger charge is 2.25. The number of sulfonamides is 1. The zero-order chi connectivity index (χ0) is 25.9. The zero-order valence-electron chi connectivity index (χ0n) is 20.2. The van der Waals surface area contributed by atoms with E-state index < -0.39 is 10.0 Å². The molecule has 0 bridgehead atoms. The number of hydrogen-bond donors (Lipinski definition) is 2. The molecular weight excluding hydrogens is 494 g/mol. The van der Waals surface area contributed by atoms with Crippen LogP contribution in [0.5, 0.6) is 0 Å². The number of hydrogen-bond acceptors (Lipinski definition) is 5. The van der Waals surface area contributed by atoms with Gasteiger partial charge in [0.15, 0.2) is 0 Å². The fraction of sp³-hybridized carbons (Fsp3) is 0.185. The number of aryl methyl sites for hydroxylation is 1. The van der Waals surface area contributed by atoms with Crippen LogP contribution in [0.25, 0.3) is 10.1 Å². The van der Waals surface area contributed by atoms with E-state index in [-0.39, 0.29) is 16.7 Å². The van der Waals surface area contributed by atoms with E-state index in [4.69, 9.17) is 0 Å². The molecule has 1 aromatic heterocycles. The van der Waals surface area contributed by atoms with Crippen LogP contribution < -0.4 is 14.9 Å². The third kappa shape index (κ3) is 5.58. The Balaban J connectivity index is 1.61. The highest BCUT2D eigenvalue weighted by molar-refractivity contribution is 7.92. The molecule has 186 valence electrons. The molecule has 0 aliphatic heterocycles. The number of rotatable bonds is 8. The third-order valence-electron chi connectivity index (χ3n) is 5.49. The first-order valence-corrected chi connectivity index (χ1v) is 13.7. The minimum atomic E-state index is -3.74. The molecule has 0 fully saturated rings. The van der Waals surface area contributed by atoms with Crippen LogP contribution in [0.3, 0.4) is 0 Å². The van der Waals surface area contributed by atoms with Gasteiger partial charge in [-0.25, -0.2) is 8.42 Å². The lowest BCUT2D eigenvalue weighted by atomic mass is 10.2. The molecule has 7 nitrogen and oxygen atoms in total. The number of amides is 2. The van der Waals surface area contributed by atoms with Crippen LogP contribution in [-0.2, 0) is 14.8 Å². The van der Waals surface area contributed by atoms with Gasteiger partial charge in [-0.2, -0.15) is 0 Å². The van der Waals surface area contributed by atoms with Gasteiger partial charge in [-0.1, -0.05) is 30.7 Å². The molecule has 0 radical (unpaired) electrons. The molecule has 0 unspecified atom stereocenters. The van der Waals surface area contributed by atoms with Crippen LogP contribution in [0.4, 0.5) is 17.1 Å². The van der Waals surface area contributed by atoms with Crippen molar-refractivity contribution in [1.82, 2.24) is 0 Å². The summed E-state index contributed by atoms with van der Waals surface area (Å²) in [4.78, 5) is 25.0. The van der Waals surface area contributed by atoms with Crippen molar-refractivity contribution < 1.29 is 18.0 Å². The van der Waals surface area contributed by atoms with Gasteiger partial charge in [0.1, 0.15) is 0 Å². The molecule has 0 aliphatic rings. The van der Waals surface area contributed by atoms with Crippen molar-refractivity contribution in [2.45, 2.75) is 32.1 Å². The van der Waals surface area contributed by atoms with Crippen molar-refractivity contribution >= 4 is 60.3 Å². The molecule has 2 N–H and O–H groups in total. The van der Waals surface area contributed by atoms with Crippen molar-refractivity contribution in [3.05, 3.63) is 83.2 Å². The minimum Gasteiger partial charge on any atom is -0.326 e. The van der Waals surface area contributed by atoms with Gasteiger partial charge in [-0.3, -0.25) is 13.9 Å².